The van der Waals surface area contributed by atoms with Crippen molar-refractivity contribution in [1.82, 2.24) is 34.0 Å². The fourth-order valence-electron chi connectivity index (χ4n) is 5.00. The van der Waals surface area contributed by atoms with Crippen LogP contribution < -0.4 is 0 Å². The fraction of sp³-hybridized carbons (Fsp3) is 0.360. The van der Waals surface area contributed by atoms with Gasteiger partial charge in [0.15, 0.2) is 0 Å². The molecule has 0 bridgehead atoms. The minimum Gasteiger partial charge on any atom is -0.591 e. The van der Waals surface area contributed by atoms with Crippen LogP contribution in [-0.2, 0) is 23.2 Å². The summed E-state index contributed by atoms with van der Waals surface area (Å²) in [5.41, 5.74) is 3.04. The summed E-state index contributed by atoms with van der Waals surface area (Å²) in [6.45, 7) is 2.44. The molecule has 13 heteroatoms. The molecule has 198 valence electrons. The Morgan fingerprint density at radius 1 is 1.13 bits per heavy atom. The molecule has 1 aliphatic carbocycles. The first-order chi connectivity index (χ1) is 18.1. The standard InChI is InChI=1S/C25H24F3N7O2S/c1-15-9-21-16(12-30-35(21)18-5-3-17(26)4-6-18)10-19(15)22-14-33(38(37)23-13-29-32(2)31-23)7-8-34(22)24(36)20-11-25(20,27)28/h3-6,9-10,12-13,20,22H,7-8,11,14H2,1-2H3. The molecule has 2 aromatic heterocycles. The molecule has 1 saturated carbocycles. The Labute approximate surface area is 219 Å². The van der Waals surface area contributed by atoms with Crippen molar-refractivity contribution in [3.63, 3.8) is 0 Å². The highest BCUT2D eigenvalue weighted by Crippen LogP contribution is 2.50. The summed E-state index contributed by atoms with van der Waals surface area (Å²) in [5.74, 6) is -5.26. The number of carbonyl (C=O) groups is 1. The lowest BCUT2D eigenvalue weighted by Gasteiger charge is -2.41. The third kappa shape index (κ3) is 4.33. The quantitative estimate of drug-likeness (QED) is 0.359. The molecule has 1 aliphatic heterocycles. The number of aromatic nitrogens is 5. The van der Waals surface area contributed by atoms with Crippen molar-refractivity contribution < 1.29 is 22.5 Å². The van der Waals surface area contributed by atoms with Crippen LogP contribution in [0.15, 0.2) is 53.8 Å². The molecular formula is C25H24F3N7O2S. The molecule has 3 unspecified atom stereocenters. The number of rotatable bonds is 5. The Balaban J connectivity index is 1.37. The van der Waals surface area contributed by atoms with Gasteiger partial charge in [-0.1, -0.05) is 0 Å². The van der Waals surface area contributed by atoms with Crippen LogP contribution in [0.3, 0.4) is 0 Å². The SMILES string of the molecule is Cc1cc2c(cnn2-c2ccc(F)cc2)cc1C1CN([S+]([O-])c2cnn(C)n2)CCN1C(=O)C1CC1(F)F. The van der Waals surface area contributed by atoms with E-state index in [0.717, 1.165) is 22.0 Å². The van der Waals surface area contributed by atoms with Crippen LogP contribution in [0.1, 0.15) is 23.6 Å². The van der Waals surface area contributed by atoms with E-state index in [4.69, 9.17) is 0 Å². The van der Waals surface area contributed by atoms with Gasteiger partial charge in [-0.05, 0) is 54.4 Å². The van der Waals surface area contributed by atoms with Gasteiger partial charge in [-0.3, -0.25) is 4.79 Å². The second-order valence-corrected chi connectivity index (χ2v) is 11.1. The van der Waals surface area contributed by atoms with Crippen LogP contribution >= 0.6 is 0 Å². The lowest BCUT2D eigenvalue weighted by atomic mass is 9.96. The maximum absolute atomic E-state index is 13.9. The van der Waals surface area contributed by atoms with Crippen molar-refractivity contribution in [2.45, 2.75) is 30.3 Å². The molecule has 2 aromatic carbocycles. The number of carbonyl (C=O) groups excluding carboxylic acids is 1. The van der Waals surface area contributed by atoms with Gasteiger partial charge in [0.05, 0.1) is 36.5 Å². The lowest BCUT2D eigenvalue weighted by molar-refractivity contribution is -0.139. The Morgan fingerprint density at radius 3 is 2.53 bits per heavy atom. The van der Waals surface area contributed by atoms with E-state index < -0.39 is 41.6 Å². The number of aryl methyl sites for hydroxylation is 2. The average Bonchev–Trinajstić information content (AvgIpc) is 3.20. The van der Waals surface area contributed by atoms with Crippen molar-refractivity contribution in [1.29, 1.82) is 0 Å². The van der Waals surface area contributed by atoms with Gasteiger partial charge in [0.2, 0.25) is 5.91 Å². The van der Waals surface area contributed by atoms with Gasteiger partial charge >= 0.3 is 5.03 Å². The van der Waals surface area contributed by atoms with E-state index in [0.29, 0.717) is 5.69 Å². The minimum atomic E-state index is -2.99. The van der Waals surface area contributed by atoms with Gasteiger partial charge in [-0.25, -0.2) is 17.9 Å². The van der Waals surface area contributed by atoms with Crippen LogP contribution in [0.4, 0.5) is 13.2 Å². The molecule has 3 atom stereocenters. The smallest absolute Gasteiger partial charge is 0.304 e. The molecule has 1 saturated heterocycles. The zero-order valence-electron chi connectivity index (χ0n) is 20.6. The molecule has 0 radical (unpaired) electrons. The molecule has 38 heavy (non-hydrogen) atoms. The van der Waals surface area contributed by atoms with Crippen LogP contribution in [-0.4, -0.2) is 70.0 Å². The van der Waals surface area contributed by atoms with E-state index in [1.54, 1.807) is 34.4 Å². The number of hydrogen-bond acceptors (Lipinski definition) is 6. The minimum absolute atomic E-state index is 0.147. The highest BCUT2D eigenvalue weighted by atomic mass is 32.2. The first kappa shape index (κ1) is 24.9. The molecule has 0 N–H and O–H groups in total. The van der Waals surface area contributed by atoms with Crippen molar-refractivity contribution in [3.05, 3.63) is 65.7 Å². The van der Waals surface area contributed by atoms with E-state index in [-0.39, 0.29) is 30.5 Å². The van der Waals surface area contributed by atoms with Crippen LogP contribution in [0.5, 0.6) is 0 Å². The number of hydrogen-bond donors (Lipinski definition) is 0. The second-order valence-electron chi connectivity index (χ2n) is 9.67. The first-order valence-corrected chi connectivity index (χ1v) is 13.2. The Morgan fingerprint density at radius 2 is 1.87 bits per heavy atom. The maximum atomic E-state index is 13.9. The summed E-state index contributed by atoms with van der Waals surface area (Å²) in [4.78, 5) is 16.0. The van der Waals surface area contributed by atoms with Gasteiger partial charge in [0.25, 0.3) is 5.92 Å². The summed E-state index contributed by atoms with van der Waals surface area (Å²) in [5, 5.41) is 13.6. The van der Waals surface area contributed by atoms with E-state index >= 15 is 0 Å². The second kappa shape index (κ2) is 9.10. The van der Waals surface area contributed by atoms with Crippen LogP contribution in [0.25, 0.3) is 16.6 Å². The third-order valence-corrected chi connectivity index (χ3v) is 8.47. The highest BCUT2D eigenvalue weighted by molar-refractivity contribution is 7.89. The molecular weight excluding hydrogens is 519 g/mol. The zero-order chi connectivity index (χ0) is 26.8. The normalized spacial score (nSPS) is 22.1. The number of piperazine rings is 1. The van der Waals surface area contributed by atoms with Gasteiger partial charge < -0.3 is 9.45 Å². The molecule has 2 aliphatic rings. The zero-order valence-corrected chi connectivity index (χ0v) is 21.4. The van der Waals surface area contributed by atoms with E-state index in [2.05, 4.69) is 15.3 Å². The Bertz CT molecular complexity index is 1520. The molecule has 0 spiro atoms. The largest absolute Gasteiger partial charge is 0.591 e. The van der Waals surface area contributed by atoms with Gasteiger partial charge in [-0.2, -0.15) is 15.0 Å². The number of amides is 1. The molecule has 3 heterocycles. The number of benzene rings is 2. The van der Waals surface area contributed by atoms with E-state index in [1.165, 1.54) is 28.0 Å². The predicted octanol–water partition coefficient (Wildman–Crippen LogP) is 3.16. The van der Waals surface area contributed by atoms with Crippen LogP contribution in [0.2, 0.25) is 0 Å². The molecule has 9 nitrogen and oxygen atoms in total. The summed E-state index contributed by atoms with van der Waals surface area (Å²) < 4.78 is 57.8. The number of halogens is 3. The van der Waals surface area contributed by atoms with Gasteiger partial charge in [0.1, 0.15) is 29.3 Å². The van der Waals surface area contributed by atoms with Crippen LogP contribution in [0, 0.1) is 18.7 Å². The third-order valence-electron chi connectivity index (χ3n) is 7.13. The first-order valence-electron chi connectivity index (χ1n) is 12.1. The highest BCUT2D eigenvalue weighted by Gasteiger charge is 2.63. The number of nitrogens with zero attached hydrogens (tertiary/aromatic N) is 7. The molecule has 4 aromatic rings. The molecule has 1 amide bonds. The summed E-state index contributed by atoms with van der Waals surface area (Å²) in [7, 11) is 1.63. The van der Waals surface area contributed by atoms with Crippen molar-refractivity contribution in [2.24, 2.45) is 13.0 Å². The number of alkyl halides is 2. The lowest BCUT2D eigenvalue weighted by Crippen LogP contribution is -2.53. The molecule has 6 rings (SSSR count). The summed E-state index contributed by atoms with van der Waals surface area (Å²) in [6.07, 6.45) is 2.64. The van der Waals surface area contributed by atoms with Crippen molar-refractivity contribution in [2.75, 3.05) is 19.6 Å². The summed E-state index contributed by atoms with van der Waals surface area (Å²) in [6, 6.07) is 9.16. The van der Waals surface area contributed by atoms with Crippen molar-refractivity contribution >= 4 is 28.2 Å². The number of fused-ring (bicyclic) bond motifs is 1. The summed E-state index contributed by atoms with van der Waals surface area (Å²) >= 11 is -1.63. The monoisotopic (exact) mass is 543 g/mol. The van der Waals surface area contributed by atoms with E-state index in [9.17, 15) is 22.5 Å². The Kier molecular flexibility index (Phi) is 5.96. The van der Waals surface area contributed by atoms with Gasteiger partial charge in [-0.15, -0.1) is 9.40 Å². The molecule has 2 fully saturated rings. The topological polar surface area (TPSA) is 95.1 Å². The predicted molar refractivity (Wildman–Crippen MR) is 132 cm³/mol. The van der Waals surface area contributed by atoms with Crippen molar-refractivity contribution in [3.8, 4) is 5.69 Å². The fourth-order valence-corrected chi connectivity index (χ4v) is 6.12. The Hall–Kier alpha value is -3.42. The van der Waals surface area contributed by atoms with Gasteiger partial charge in [0, 0.05) is 25.4 Å². The van der Waals surface area contributed by atoms with E-state index in [1.807, 2.05) is 19.1 Å². The maximum Gasteiger partial charge on any atom is 0.304 e. The average molecular weight is 544 g/mol.